The van der Waals surface area contributed by atoms with Crippen LogP contribution in [-0.4, -0.2) is 5.91 Å². The Morgan fingerprint density at radius 1 is 1.26 bits per heavy atom. The number of halogens is 1. The van der Waals surface area contributed by atoms with Crippen LogP contribution in [0, 0.1) is 0 Å². The molecule has 0 aliphatic heterocycles. The molecule has 3 rings (SSSR count). The smallest absolute Gasteiger partial charge is 0.256 e. The van der Waals surface area contributed by atoms with Crippen molar-refractivity contribution >= 4 is 38.9 Å². The zero-order valence-corrected chi connectivity index (χ0v) is 12.8. The second-order valence-electron chi connectivity index (χ2n) is 4.74. The molecular weight excluding hydrogens is 322 g/mol. The predicted octanol–water partition coefficient (Wildman–Crippen LogP) is 4.64. The Balaban J connectivity index is 1.85. The average Bonchev–Trinajstić information content (AvgIpc) is 2.86. The largest absolute Gasteiger partial charge is 0.322 e. The number of nitrogens with one attached hydrogen (secondary N) is 1. The normalized spacial score (nSPS) is 13.9. The van der Waals surface area contributed by atoms with E-state index in [1.807, 2.05) is 23.6 Å². The molecule has 1 heterocycles. The SMILES string of the molecule is O=C(Nc1cccc2c1CCCC2)c1csc(Br)c1. The predicted molar refractivity (Wildman–Crippen MR) is 83.1 cm³/mol. The summed E-state index contributed by atoms with van der Waals surface area (Å²) in [6, 6.07) is 8.06. The fourth-order valence-corrected chi connectivity index (χ4v) is 3.66. The zero-order valence-electron chi connectivity index (χ0n) is 10.4. The molecule has 0 bridgehead atoms. The quantitative estimate of drug-likeness (QED) is 0.850. The Hall–Kier alpha value is -1.13. The number of carbonyl (C=O) groups excluding carboxylic acids is 1. The molecule has 98 valence electrons. The van der Waals surface area contributed by atoms with E-state index in [2.05, 4.69) is 27.3 Å². The topological polar surface area (TPSA) is 29.1 Å². The number of benzene rings is 1. The van der Waals surface area contributed by atoms with E-state index in [1.165, 1.54) is 35.3 Å². The molecule has 1 aliphatic carbocycles. The number of amides is 1. The molecule has 4 heteroatoms. The molecule has 2 nitrogen and oxygen atoms in total. The number of fused-ring (bicyclic) bond motifs is 1. The van der Waals surface area contributed by atoms with E-state index in [-0.39, 0.29) is 5.91 Å². The summed E-state index contributed by atoms with van der Waals surface area (Å²) >= 11 is 4.91. The van der Waals surface area contributed by atoms with Gasteiger partial charge in [-0.3, -0.25) is 4.79 Å². The van der Waals surface area contributed by atoms with Crippen molar-refractivity contribution in [2.75, 3.05) is 5.32 Å². The highest BCUT2D eigenvalue weighted by Gasteiger charge is 2.15. The fourth-order valence-electron chi connectivity index (χ4n) is 2.52. The van der Waals surface area contributed by atoms with Gasteiger partial charge < -0.3 is 5.32 Å². The lowest BCUT2D eigenvalue weighted by Gasteiger charge is -2.19. The van der Waals surface area contributed by atoms with Crippen molar-refractivity contribution in [3.63, 3.8) is 0 Å². The van der Waals surface area contributed by atoms with Crippen molar-refractivity contribution in [1.82, 2.24) is 0 Å². The van der Waals surface area contributed by atoms with Crippen LogP contribution in [0.15, 0.2) is 33.4 Å². The summed E-state index contributed by atoms with van der Waals surface area (Å²) in [6.45, 7) is 0. The van der Waals surface area contributed by atoms with Gasteiger partial charge in [0.2, 0.25) is 0 Å². The fraction of sp³-hybridized carbons (Fsp3) is 0.267. The van der Waals surface area contributed by atoms with Crippen LogP contribution in [0.5, 0.6) is 0 Å². The second-order valence-corrected chi connectivity index (χ2v) is 7.03. The molecule has 1 N–H and O–H groups in total. The van der Waals surface area contributed by atoms with Gasteiger partial charge >= 0.3 is 0 Å². The minimum atomic E-state index is -0.0269. The highest BCUT2D eigenvalue weighted by Crippen LogP contribution is 2.28. The molecule has 0 radical (unpaired) electrons. The van der Waals surface area contributed by atoms with Gasteiger partial charge in [-0.2, -0.15) is 0 Å². The van der Waals surface area contributed by atoms with E-state index < -0.39 is 0 Å². The summed E-state index contributed by atoms with van der Waals surface area (Å²) < 4.78 is 0.979. The number of carbonyl (C=O) groups is 1. The van der Waals surface area contributed by atoms with Gasteiger partial charge in [0.05, 0.1) is 9.35 Å². The molecule has 1 aromatic heterocycles. The first-order valence-electron chi connectivity index (χ1n) is 6.40. The summed E-state index contributed by atoms with van der Waals surface area (Å²) in [5.74, 6) is -0.0269. The van der Waals surface area contributed by atoms with E-state index in [1.54, 1.807) is 0 Å². The molecule has 19 heavy (non-hydrogen) atoms. The van der Waals surface area contributed by atoms with Gasteiger partial charge in [-0.1, -0.05) is 12.1 Å². The van der Waals surface area contributed by atoms with Crippen molar-refractivity contribution in [1.29, 1.82) is 0 Å². The van der Waals surface area contributed by atoms with Crippen molar-refractivity contribution in [3.05, 3.63) is 50.1 Å². The average molecular weight is 336 g/mol. The molecule has 0 saturated heterocycles. The van der Waals surface area contributed by atoms with Crippen LogP contribution >= 0.6 is 27.3 Å². The van der Waals surface area contributed by atoms with Gasteiger partial charge in [0.15, 0.2) is 0 Å². The van der Waals surface area contributed by atoms with Gasteiger partial charge in [0, 0.05) is 11.1 Å². The van der Waals surface area contributed by atoms with E-state index in [4.69, 9.17) is 0 Å². The Labute approximate surface area is 125 Å². The first kappa shape index (κ1) is 12.9. The van der Waals surface area contributed by atoms with Gasteiger partial charge in [-0.25, -0.2) is 0 Å². The van der Waals surface area contributed by atoms with E-state index in [9.17, 15) is 4.79 Å². The number of aryl methyl sites for hydroxylation is 1. The molecule has 0 atom stereocenters. The third kappa shape index (κ3) is 2.74. The second kappa shape index (κ2) is 5.47. The van der Waals surface area contributed by atoms with Crippen molar-refractivity contribution in [2.24, 2.45) is 0 Å². The first-order valence-corrected chi connectivity index (χ1v) is 8.07. The lowest BCUT2D eigenvalue weighted by atomic mass is 9.90. The third-order valence-electron chi connectivity index (χ3n) is 3.47. The molecule has 1 aliphatic rings. The Morgan fingerprint density at radius 2 is 2.11 bits per heavy atom. The maximum absolute atomic E-state index is 12.2. The third-order valence-corrected chi connectivity index (χ3v) is 4.98. The summed E-state index contributed by atoms with van der Waals surface area (Å²) in [7, 11) is 0. The molecule has 0 unspecified atom stereocenters. The number of anilines is 1. The molecule has 1 aromatic carbocycles. The summed E-state index contributed by atoms with van der Waals surface area (Å²) in [5, 5.41) is 4.92. The maximum atomic E-state index is 12.2. The number of hydrogen-bond donors (Lipinski definition) is 1. The highest BCUT2D eigenvalue weighted by atomic mass is 79.9. The van der Waals surface area contributed by atoms with Crippen LogP contribution in [0.3, 0.4) is 0 Å². The summed E-state index contributed by atoms with van der Waals surface area (Å²) in [4.78, 5) is 12.2. The number of rotatable bonds is 2. The zero-order chi connectivity index (χ0) is 13.2. The van der Waals surface area contributed by atoms with Gasteiger partial charge in [0.1, 0.15) is 0 Å². The van der Waals surface area contributed by atoms with Crippen LogP contribution in [0.25, 0.3) is 0 Å². The number of thiophene rings is 1. The van der Waals surface area contributed by atoms with Crippen molar-refractivity contribution in [2.45, 2.75) is 25.7 Å². The summed E-state index contributed by atoms with van der Waals surface area (Å²) in [5.41, 5.74) is 4.39. The van der Waals surface area contributed by atoms with Crippen LogP contribution < -0.4 is 5.32 Å². The van der Waals surface area contributed by atoms with E-state index in [0.29, 0.717) is 5.56 Å². The van der Waals surface area contributed by atoms with Gasteiger partial charge in [-0.05, 0) is 64.9 Å². The molecule has 0 saturated carbocycles. The minimum absolute atomic E-state index is 0.0269. The monoisotopic (exact) mass is 335 g/mol. The molecular formula is C15H14BrNOS. The first-order chi connectivity index (χ1) is 9.24. The van der Waals surface area contributed by atoms with Crippen LogP contribution in [0.4, 0.5) is 5.69 Å². The molecule has 0 spiro atoms. The van der Waals surface area contributed by atoms with Gasteiger partial charge in [0.25, 0.3) is 5.91 Å². The standard InChI is InChI=1S/C15H14BrNOS/c16-14-8-11(9-19-14)15(18)17-13-7-3-5-10-4-1-2-6-12(10)13/h3,5,7-9H,1-2,4,6H2,(H,17,18). The molecule has 0 fully saturated rings. The van der Waals surface area contributed by atoms with Crippen molar-refractivity contribution in [3.8, 4) is 0 Å². The minimum Gasteiger partial charge on any atom is -0.322 e. The van der Waals surface area contributed by atoms with Gasteiger partial charge in [-0.15, -0.1) is 11.3 Å². The lowest BCUT2D eigenvalue weighted by molar-refractivity contribution is 0.102. The maximum Gasteiger partial charge on any atom is 0.256 e. The summed E-state index contributed by atoms with van der Waals surface area (Å²) in [6.07, 6.45) is 4.66. The number of hydrogen-bond acceptors (Lipinski definition) is 2. The Morgan fingerprint density at radius 3 is 2.89 bits per heavy atom. The van der Waals surface area contributed by atoms with Crippen LogP contribution in [0.1, 0.15) is 34.3 Å². The Kier molecular flexibility index (Phi) is 3.71. The van der Waals surface area contributed by atoms with Crippen LogP contribution in [0.2, 0.25) is 0 Å². The molecule has 2 aromatic rings. The highest BCUT2D eigenvalue weighted by molar-refractivity contribution is 9.11. The van der Waals surface area contributed by atoms with E-state index in [0.717, 1.165) is 22.3 Å². The Bertz CT molecular complexity index is 620. The molecule has 1 amide bonds. The van der Waals surface area contributed by atoms with Crippen molar-refractivity contribution < 1.29 is 4.79 Å². The van der Waals surface area contributed by atoms with Crippen LogP contribution in [-0.2, 0) is 12.8 Å². The lowest BCUT2D eigenvalue weighted by Crippen LogP contribution is -2.14. The van der Waals surface area contributed by atoms with E-state index >= 15 is 0 Å².